The molecule has 0 saturated carbocycles. The molecular weight excluding hydrogens is 382 g/mol. The highest BCUT2D eigenvalue weighted by atomic mass is 16.5. The Kier molecular flexibility index (Phi) is 10.4. The van der Waals surface area contributed by atoms with Gasteiger partial charge >= 0.3 is 5.97 Å². The standard InChI is InChI=1S/C24H31NO5/c1-28-21-16-14-19(15-17-21)18-30-22(12-8-3-4-9-13-23(26)29-2)24(27)25-20-10-6-5-7-11-20/h5-7,10-11,14-17,22H,3-4,8-9,12-13,18H2,1-2H3,(H,25,27). The van der Waals surface area contributed by atoms with Gasteiger partial charge in [0.15, 0.2) is 0 Å². The molecule has 0 saturated heterocycles. The van der Waals surface area contributed by atoms with Crippen molar-refractivity contribution in [1.29, 1.82) is 0 Å². The van der Waals surface area contributed by atoms with Crippen LogP contribution >= 0.6 is 0 Å². The number of ether oxygens (including phenoxy) is 3. The van der Waals surface area contributed by atoms with Crippen molar-refractivity contribution in [2.75, 3.05) is 19.5 Å². The van der Waals surface area contributed by atoms with E-state index < -0.39 is 6.10 Å². The minimum absolute atomic E-state index is 0.149. The second-order valence-electron chi connectivity index (χ2n) is 7.03. The minimum atomic E-state index is -0.548. The monoisotopic (exact) mass is 413 g/mol. The lowest BCUT2D eigenvalue weighted by Gasteiger charge is -2.18. The molecule has 6 nitrogen and oxygen atoms in total. The smallest absolute Gasteiger partial charge is 0.305 e. The zero-order valence-corrected chi connectivity index (χ0v) is 17.8. The average Bonchev–Trinajstić information content (AvgIpc) is 2.78. The first kappa shape index (κ1) is 23.4. The van der Waals surface area contributed by atoms with E-state index in [2.05, 4.69) is 10.1 Å². The quantitative estimate of drug-likeness (QED) is 0.379. The lowest BCUT2D eigenvalue weighted by molar-refractivity contribution is -0.140. The number of unbranched alkanes of at least 4 members (excludes halogenated alkanes) is 3. The van der Waals surface area contributed by atoms with Gasteiger partial charge in [-0.05, 0) is 42.7 Å². The highest BCUT2D eigenvalue weighted by Gasteiger charge is 2.19. The summed E-state index contributed by atoms with van der Waals surface area (Å²) in [7, 11) is 3.03. The van der Waals surface area contributed by atoms with Crippen LogP contribution in [0.25, 0.3) is 0 Å². The topological polar surface area (TPSA) is 73.9 Å². The summed E-state index contributed by atoms with van der Waals surface area (Å²) in [4.78, 5) is 23.9. The van der Waals surface area contributed by atoms with E-state index in [4.69, 9.17) is 9.47 Å². The Morgan fingerprint density at radius 1 is 0.900 bits per heavy atom. The summed E-state index contributed by atoms with van der Waals surface area (Å²) in [5.74, 6) is 0.450. The molecule has 0 aliphatic rings. The molecule has 162 valence electrons. The number of carbonyl (C=O) groups is 2. The zero-order valence-electron chi connectivity index (χ0n) is 17.8. The van der Waals surface area contributed by atoms with Gasteiger partial charge in [-0.1, -0.05) is 49.6 Å². The number of para-hydroxylation sites is 1. The van der Waals surface area contributed by atoms with Crippen molar-refractivity contribution in [3.63, 3.8) is 0 Å². The number of anilines is 1. The Bertz CT molecular complexity index is 761. The summed E-state index contributed by atoms with van der Waals surface area (Å²) in [6, 6.07) is 17.0. The van der Waals surface area contributed by atoms with E-state index in [0.29, 0.717) is 19.4 Å². The number of benzene rings is 2. The van der Waals surface area contributed by atoms with Crippen LogP contribution in [0, 0.1) is 0 Å². The Balaban J connectivity index is 1.86. The molecule has 1 amide bonds. The minimum Gasteiger partial charge on any atom is -0.497 e. The fraction of sp³-hybridized carbons (Fsp3) is 0.417. The molecule has 0 aliphatic carbocycles. The van der Waals surface area contributed by atoms with Crippen LogP contribution in [0.2, 0.25) is 0 Å². The molecule has 0 bridgehead atoms. The molecule has 30 heavy (non-hydrogen) atoms. The van der Waals surface area contributed by atoms with Crippen molar-refractivity contribution in [3.8, 4) is 5.75 Å². The normalized spacial score (nSPS) is 11.5. The maximum atomic E-state index is 12.8. The SMILES string of the molecule is COC(=O)CCCCCCC(OCc1ccc(OC)cc1)C(=O)Nc1ccccc1. The molecule has 0 spiro atoms. The second-order valence-corrected chi connectivity index (χ2v) is 7.03. The summed E-state index contributed by atoms with van der Waals surface area (Å²) >= 11 is 0. The Morgan fingerprint density at radius 3 is 2.27 bits per heavy atom. The molecule has 1 atom stereocenters. The van der Waals surface area contributed by atoms with Crippen LogP contribution in [0.3, 0.4) is 0 Å². The van der Waals surface area contributed by atoms with Gasteiger partial charge in [0.25, 0.3) is 5.91 Å². The largest absolute Gasteiger partial charge is 0.497 e. The van der Waals surface area contributed by atoms with E-state index in [1.165, 1.54) is 7.11 Å². The van der Waals surface area contributed by atoms with Crippen molar-refractivity contribution < 1.29 is 23.8 Å². The number of hydrogen-bond donors (Lipinski definition) is 1. The summed E-state index contributed by atoms with van der Waals surface area (Å²) in [6.07, 6.45) is 3.98. The van der Waals surface area contributed by atoms with Gasteiger partial charge in [0.05, 0.1) is 20.8 Å². The third-order valence-electron chi connectivity index (χ3n) is 4.77. The average molecular weight is 414 g/mol. The van der Waals surface area contributed by atoms with Crippen molar-refractivity contribution in [3.05, 3.63) is 60.2 Å². The zero-order chi connectivity index (χ0) is 21.6. The molecule has 1 N–H and O–H groups in total. The number of methoxy groups -OCH3 is 2. The molecule has 1 unspecified atom stereocenters. The van der Waals surface area contributed by atoms with Crippen molar-refractivity contribution in [2.24, 2.45) is 0 Å². The first-order valence-electron chi connectivity index (χ1n) is 10.3. The van der Waals surface area contributed by atoms with E-state index in [-0.39, 0.29) is 11.9 Å². The first-order valence-corrected chi connectivity index (χ1v) is 10.3. The third kappa shape index (κ3) is 8.66. The summed E-state index contributed by atoms with van der Waals surface area (Å²) < 4.78 is 15.8. The molecule has 0 fully saturated rings. The van der Waals surface area contributed by atoms with Crippen LogP contribution in [-0.4, -0.2) is 32.2 Å². The predicted octanol–water partition coefficient (Wildman–Crippen LogP) is 4.73. The Labute approximate surface area is 178 Å². The number of amides is 1. The van der Waals surface area contributed by atoms with Crippen LogP contribution in [0.4, 0.5) is 5.69 Å². The maximum Gasteiger partial charge on any atom is 0.305 e. The van der Waals surface area contributed by atoms with Crippen molar-refractivity contribution in [1.82, 2.24) is 0 Å². The Morgan fingerprint density at radius 2 is 1.60 bits per heavy atom. The molecule has 0 aliphatic heterocycles. The van der Waals surface area contributed by atoms with Crippen molar-refractivity contribution in [2.45, 2.75) is 51.2 Å². The van der Waals surface area contributed by atoms with Crippen LogP contribution in [-0.2, 0) is 25.7 Å². The fourth-order valence-electron chi connectivity index (χ4n) is 3.01. The number of carbonyl (C=O) groups excluding carboxylic acids is 2. The molecule has 0 aromatic heterocycles. The molecule has 6 heteroatoms. The molecular formula is C24H31NO5. The molecule has 2 aromatic rings. The van der Waals surface area contributed by atoms with Crippen molar-refractivity contribution >= 4 is 17.6 Å². The number of hydrogen-bond acceptors (Lipinski definition) is 5. The van der Waals surface area contributed by atoms with Gasteiger partial charge in [0.2, 0.25) is 0 Å². The van der Waals surface area contributed by atoms with Gasteiger partial charge in [-0.15, -0.1) is 0 Å². The fourth-order valence-corrected chi connectivity index (χ4v) is 3.01. The molecule has 0 radical (unpaired) electrons. The third-order valence-corrected chi connectivity index (χ3v) is 4.77. The maximum absolute atomic E-state index is 12.8. The van der Waals surface area contributed by atoms with Gasteiger partial charge in [-0.2, -0.15) is 0 Å². The lowest BCUT2D eigenvalue weighted by atomic mass is 10.1. The van der Waals surface area contributed by atoms with E-state index in [1.54, 1.807) is 7.11 Å². The van der Waals surface area contributed by atoms with Gasteiger partial charge < -0.3 is 19.5 Å². The summed E-state index contributed by atoms with van der Waals surface area (Å²) in [6.45, 7) is 0.346. The van der Waals surface area contributed by atoms with Gasteiger partial charge in [-0.3, -0.25) is 9.59 Å². The molecule has 2 aromatic carbocycles. The predicted molar refractivity (Wildman–Crippen MR) is 116 cm³/mol. The highest BCUT2D eigenvalue weighted by Crippen LogP contribution is 2.17. The van der Waals surface area contributed by atoms with Crippen LogP contribution in [0.1, 0.15) is 44.1 Å². The number of esters is 1. The van der Waals surface area contributed by atoms with E-state index >= 15 is 0 Å². The summed E-state index contributed by atoms with van der Waals surface area (Å²) in [5, 5.41) is 2.93. The van der Waals surface area contributed by atoms with Gasteiger partial charge in [0.1, 0.15) is 11.9 Å². The van der Waals surface area contributed by atoms with Crippen LogP contribution in [0.5, 0.6) is 5.75 Å². The second kappa shape index (κ2) is 13.4. The number of nitrogens with one attached hydrogen (secondary N) is 1. The van der Waals surface area contributed by atoms with Gasteiger partial charge in [0, 0.05) is 12.1 Å². The highest BCUT2D eigenvalue weighted by molar-refractivity contribution is 5.94. The molecule has 0 heterocycles. The Hall–Kier alpha value is -2.86. The summed E-state index contributed by atoms with van der Waals surface area (Å²) in [5.41, 5.74) is 1.73. The first-order chi connectivity index (χ1) is 14.6. The van der Waals surface area contributed by atoms with Crippen LogP contribution < -0.4 is 10.1 Å². The van der Waals surface area contributed by atoms with E-state index in [9.17, 15) is 9.59 Å². The van der Waals surface area contributed by atoms with E-state index in [0.717, 1.165) is 42.7 Å². The van der Waals surface area contributed by atoms with Gasteiger partial charge in [-0.25, -0.2) is 0 Å². The van der Waals surface area contributed by atoms with E-state index in [1.807, 2.05) is 54.6 Å². The lowest BCUT2D eigenvalue weighted by Crippen LogP contribution is -2.30. The van der Waals surface area contributed by atoms with Crippen LogP contribution in [0.15, 0.2) is 54.6 Å². The number of rotatable bonds is 13. The molecule has 2 rings (SSSR count).